The Kier molecular flexibility index (Phi) is 2.44. The topological polar surface area (TPSA) is 49.7 Å². The summed E-state index contributed by atoms with van der Waals surface area (Å²) in [5.41, 5.74) is 0. The molecule has 0 spiro atoms. The summed E-state index contributed by atoms with van der Waals surface area (Å²) < 4.78 is 5.78. The lowest BCUT2D eigenvalue weighted by atomic mass is 10.1. The lowest BCUT2D eigenvalue weighted by Crippen LogP contribution is -1.85. The van der Waals surface area contributed by atoms with Crippen LogP contribution in [0.5, 0.6) is 17.2 Å². The molecule has 4 heteroatoms. The minimum Gasteiger partial charge on any atom is -0.507 e. The monoisotopic (exact) mass is 268 g/mol. The molecule has 0 radical (unpaired) electrons. The van der Waals surface area contributed by atoms with Crippen molar-refractivity contribution in [1.29, 1.82) is 0 Å². The van der Waals surface area contributed by atoms with E-state index in [-0.39, 0.29) is 17.2 Å². The lowest BCUT2D eigenvalue weighted by Gasteiger charge is -2.08. The number of aromatic hydroxyl groups is 2. The largest absolute Gasteiger partial charge is 0.507 e. The fraction of sp³-hybridized carbons (Fsp3) is 0.0909. The lowest BCUT2D eigenvalue weighted by molar-refractivity contribution is 0.372. The Balaban J connectivity index is 2.87. The number of phenols is 2. The standard InChI is InChI=1S/C11H9BrO3/c1-15-10-5-9(13)8-4-6(12)2-3-7(8)11(10)14/h2-5,13-14H,1H3. The number of phenolic OH excluding ortho intramolecular Hbond substituents is 2. The van der Waals surface area contributed by atoms with Crippen LogP contribution < -0.4 is 4.74 Å². The van der Waals surface area contributed by atoms with Crippen LogP contribution in [-0.4, -0.2) is 17.3 Å². The van der Waals surface area contributed by atoms with E-state index in [0.29, 0.717) is 10.8 Å². The molecule has 2 aromatic carbocycles. The highest BCUT2D eigenvalue weighted by atomic mass is 79.9. The number of hydrogen-bond acceptors (Lipinski definition) is 3. The first-order valence-corrected chi connectivity index (χ1v) is 5.11. The van der Waals surface area contributed by atoms with Gasteiger partial charge in [0.1, 0.15) is 5.75 Å². The average Bonchev–Trinajstić information content (AvgIpc) is 2.23. The first-order valence-electron chi connectivity index (χ1n) is 4.31. The third kappa shape index (κ3) is 1.61. The van der Waals surface area contributed by atoms with Crippen LogP contribution in [0, 0.1) is 0 Å². The van der Waals surface area contributed by atoms with Gasteiger partial charge in [-0.2, -0.15) is 0 Å². The Hall–Kier alpha value is -1.42. The first-order chi connectivity index (χ1) is 7.13. The Morgan fingerprint density at radius 2 is 1.87 bits per heavy atom. The zero-order valence-electron chi connectivity index (χ0n) is 7.99. The predicted molar refractivity (Wildman–Crippen MR) is 61.5 cm³/mol. The normalized spacial score (nSPS) is 10.5. The fourth-order valence-electron chi connectivity index (χ4n) is 1.49. The maximum Gasteiger partial charge on any atom is 0.165 e. The van der Waals surface area contributed by atoms with Gasteiger partial charge in [-0.25, -0.2) is 0 Å². The van der Waals surface area contributed by atoms with Crippen LogP contribution in [0.4, 0.5) is 0 Å². The van der Waals surface area contributed by atoms with Crippen molar-refractivity contribution >= 4 is 26.7 Å². The summed E-state index contributed by atoms with van der Waals surface area (Å²) >= 11 is 3.30. The van der Waals surface area contributed by atoms with E-state index in [2.05, 4.69) is 15.9 Å². The molecule has 15 heavy (non-hydrogen) atoms. The predicted octanol–water partition coefficient (Wildman–Crippen LogP) is 3.02. The highest BCUT2D eigenvalue weighted by Gasteiger charge is 2.11. The minimum absolute atomic E-state index is 0.0396. The Bertz CT molecular complexity index is 523. The van der Waals surface area contributed by atoms with Gasteiger partial charge in [0.2, 0.25) is 0 Å². The molecule has 3 nitrogen and oxygen atoms in total. The van der Waals surface area contributed by atoms with Gasteiger partial charge in [-0.15, -0.1) is 0 Å². The van der Waals surface area contributed by atoms with Gasteiger partial charge in [0.05, 0.1) is 7.11 Å². The number of hydrogen-bond donors (Lipinski definition) is 2. The molecule has 2 N–H and O–H groups in total. The molecular formula is C11H9BrO3. The number of rotatable bonds is 1. The zero-order valence-corrected chi connectivity index (χ0v) is 9.58. The van der Waals surface area contributed by atoms with Crippen molar-refractivity contribution in [2.45, 2.75) is 0 Å². The van der Waals surface area contributed by atoms with Gasteiger partial charge in [-0.3, -0.25) is 0 Å². The van der Waals surface area contributed by atoms with Crippen molar-refractivity contribution in [2.75, 3.05) is 7.11 Å². The maximum atomic E-state index is 9.81. The zero-order chi connectivity index (χ0) is 11.0. The number of halogens is 1. The van der Waals surface area contributed by atoms with Crippen LogP contribution in [0.2, 0.25) is 0 Å². The van der Waals surface area contributed by atoms with E-state index in [1.54, 1.807) is 18.2 Å². The van der Waals surface area contributed by atoms with Crippen LogP contribution in [0.1, 0.15) is 0 Å². The molecule has 0 atom stereocenters. The van der Waals surface area contributed by atoms with E-state index in [0.717, 1.165) is 4.47 Å². The molecule has 0 bridgehead atoms. The third-order valence-electron chi connectivity index (χ3n) is 2.23. The van der Waals surface area contributed by atoms with Gasteiger partial charge in [-0.05, 0) is 18.2 Å². The molecule has 0 aliphatic heterocycles. The SMILES string of the molecule is COc1cc(O)c2cc(Br)ccc2c1O. The second-order valence-electron chi connectivity index (χ2n) is 3.14. The van der Waals surface area contributed by atoms with Gasteiger partial charge in [0.25, 0.3) is 0 Å². The highest BCUT2D eigenvalue weighted by Crippen LogP contribution is 2.40. The van der Waals surface area contributed by atoms with E-state index in [1.165, 1.54) is 13.2 Å². The van der Waals surface area contributed by atoms with Crippen molar-refractivity contribution in [1.82, 2.24) is 0 Å². The molecule has 2 rings (SSSR count). The van der Waals surface area contributed by atoms with E-state index in [1.807, 2.05) is 0 Å². The Morgan fingerprint density at radius 3 is 2.53 bits per heavy atom. The number of benzene rings is 2. The van der Waals surface area contributed by atoms with Crippen LogP contribution in [0.3, 0.4) is 0 Å². The van der Waals surface area contributed by atoms with Gasteiger partial charge in [0, 0.05) is 21.3 Å². The molecule has 0 saturated heterocycles. The molecular weight excluding hydrogens is 260 g/mol. The summed E-state index contributed by atoms with van der Waals surface area (Å²) in [6.45, 7) is 0. The van der Waals surface area contributed by atoms with Crippen LogP contribution in [0.15, 0.2) is 28.7 Å². The molecule has 0 fully saturated rings. The minimum atomic E-state index is 0.0396. The van der Waals surface area contributed by atoms with E-state index in [4.69, 9.17) is 4.74 Å². The van der Waals surface area contributed by atoms with Crippen molar-refractivity contribution in [3.63, 3.8) is 0 Å². The highest BCUT2D eigenvalue weighted by molar-refractivity contribution is 9.10. The van der Waals surface area contributed by atoms with E-state index in [9.17, 15) is 10.2 Å². The van der Waals surface area contributed by atoms with Gasteiger partial charge in [-0.1, -0.05) is 15.9 Å². The molecule has 0 unspecified atom stereocenters. The molecule has 0 aliphatic carbocycles. The molecule has 0 amide bonds. The average molecular weight is 269 g/mol. The van der Waals surface area contributed by atoms with Crippen molar-refractivity contribution < 1.29 is 14.9 Å². The molecule has 2 aromatic rings. The van der Waals surface area contributed by atoms with Gasteiger partial charge >= 0.3 is 0 Å². The summed E-state index contributed by atoms with van der Waals surface area (Å²) in [4.78, 5) is 0. The van der Waals surface area contributed by atoms with Crippen LogP contribution in [-0.2, 0) is 0 Å². The smallest absolute Gasteiger partial charge is 0.165 e. The number of methoxy groups -OCH3 is 1. The Labute approximate surface area is 95.0 Å². The van der Waals surface area contributed by atoms with Crippen molar-refractivity contribution in [3.8, 4) is 17.2 Å². The van der Waals surface area contributed by atoms with E-state index < -0.39 is 0 Å². The summed E-state index contributed by atoms with van der Waals surface area (Å²) in [5, 5.41) is 20.7. The third-order valence-corrected chi connectivity index (χ3v) is 2.73. The van der Waals surface area contributed by atoms with Gasteiger partial charge < -0.3 is 14.9 Å². The molecule has 0 aliphatic rings. The van der Waals surface area contributed by atoms with Crippen LogP contribution in [0.25, 0.3) is 10.8 Å². The quantitative estimate of drug-likeness (QED) is 0.782. The summed E-state index contributed by atoms with van der Waals surface area (Å²) in [6, 6.07) is 6.64. The second-order valence-corrected chi connectivity index (χ2v) is 4.05. The van der Waals surface area contributed by atoms with Gasteiger partial charge in [0.15, 0.2) is 11.5 Å². The summed E-state index contributed by atoms with van der Waals surface area (Å²) in [7, 11) is 1.44. The van der Waals surface area contributed by atoms with E-state index >= 15 is 0 Å². The fourth-order valence-corrected chi connectivity index (χ4v) is 1.85. The Morgan fingerprint density at radius 1 is 1.13 bits per heavy atom. The second kappa shape index (κ2) is 3.62. The molecule has 78 valence electrons. The first kappa shape index (κ1) is 10.1. The maximum absolute atomic E-state index is 9.81. The number of fused-ring (bicyclic) bond motifs is 1. The summed E-state index contributed by atoms with van der Waals surface area (Å²) in [5.74, 6) is 0.390. The molecule has 0 heterocycles. The van der Waals surface area contributed by atoms with Crippen molar-refractivity contribution in [3.05, 3.63) is 28.7 Å². The number of ether oxygens (including phenoxy) is 1. The van der Waals surface area contributed by atoms with Crippen LogP contribution >= 0.6 is 15.9 Å². The molecule has 0 saturated carbocycles. The summed E-state index contributed by atoms with van der Waals surface area (Å²) in [6.07, 6.45) is 0. The van der Waals surface area contributed by atoms with Crippen molar-refractivity contribution in [2.24, 2.45) is 0 Å². The molecule has 0 aromatic heterocycles.